The maximum Gasteiger partial charge on any atom is 0.407 e. The molecule has 1 heterocycles. The zero-order chi connectivity index (χ0) is 16.9. The second-order valence-electron chi connectivity index (χ2n) is 6.90. The van der Waals surface area contributed by atoms with Gasteiger partial charge < -0.3 is 20.5 Å². The van der Waals surface area contributed by atoms with E-state index in [4.69, 9.17) is 9.84 Å². The molecule has 0 spiro atoms. The predicted octanol–water partition coefficient (Wildman–Crippen LogP) is 0.663. The molecule has 130 valence electrons. The Morgan fingerprint density at radius 1 is 1.52 bits per heavy atom. The van der Waals surface area contributed by atoms with Crippen LogP contribution in [0.1, 0.15) is 39.3 Å². The molecule has 1 amide bonds. The minimum absolute atomic E-state index is 0.0424. The molecule has 0 bridgehead atoms. The molecule has 0 radical (unpaired) electrons. The predicted molar refractivity (Wildman–Crippen MR) is 84.7 cm³/mol. The SMILES string of the molecule is CC(C)(C)OC(=O)NCC(NCc1cn(CCO)nn1)C1CC1. The van der Waals surface area contributed by atoms with Crippen LogP contribution in [-0.2, 0) is 17.8 Å². The van der Waals surface area contributed by atoms with Gasteiger partial charge in [0.2, 0.25) is 0 Å². The highest BCUT2D eigenvalue weighted by Crippen LogP contribution is 2.32. The topological polar surface area (TPSA) is 101 Å². The third-order valence-corrected chi connectivity index (χ3v) is 3.52. The summed E-state index contributed by atoms with van der Waals surface area (Å²) in [6, 6.07) is 0.200. The van der Waals surface area contributed by atoms with Crippen molar-refractivity contribution in [3.05, 3.63) is 11.9 Å². The van der Waals surface area contributed by atoms with Crippen LogP contribution in [0.2, 0.25) is 0 Å². The molecule has 1 fully saturated rings. The molecule has 2 rings (SSSR count). The Kier molecular flexibility index (Phi) is 5.95. The van der Waals surface area contributed by atoms with E-state index in [1.54, 1.807) is 4.68 Å². The molecule has 3 N–H and O–H groups in total. The standard InChI is InChI=1S/C15H27N5O3/c1-15(2,3)23-14(22)17-9-13(11-4-5-11)16-8-12-10-20(6-7-21)19-18-12/h10-11,13,16,21H,4-9H2,1-3H3,(H,17,22). The number of amides is 1. The summed E-state index contributed by atoms with van der Waals surface area (Å²) in [6.45, 7) is 7.14. The lowest BCUT2D eigenvalue weighted by Gasteiger charge is -2.22. The number of alkyl carbamates (subject to hydrolysis) is 1. The lowest BCUT2D eigenvalue weighted by atomic mass is 10.2. The summed E-state index contributed by atoms with van der Waals surface area (Å²) in [6.07, 6.45) is 3.77. The van der Waals surface area contributed by atoms with Gasteiger partial charge in [-0.15, -0.1) is 5.10 Å². The first-order valence-electron chi connectivity index (χ1n) is 8.07. The zero-order valence-corrected chi connectivity index (χ0v) is 14.1. The maximum absolute atomic E-state index is 11.7. The number of aromatic nitrogens is 3. The van der Waals surface area contributed by atoms with E-state index in [1.807, 2.05) is 27.0 Å². The molecule has 1 aliphatic rings. The van der Waals surface area contributed by atoms with Gasteiger partial charge in [-0.05, 0) is 39.5 Å². The molecule has 1 saturated carbocycles. The number of carbonyl (C=O) groups excluding carboxylic acids is 1. The Morgan fingerprint density at radius 2 is 2.26 bits per heavy atom. The summed E-state index contributed by atoms with van der Waals surface area (Å²) in [5, 5.41) is 23.1. The number of aliphatic hydroxyl groups excluding tert-OH is 1. The third-order valence-electron chi connectivity index (χ3n) is 3.52. The number of rotatable bonds is 8. The molecular formula is C15H27N5O3. The van der Waals surface area contributed by atoms with E-state index in [2.05, 4.69) is 20.9 Å². The van der Waals surface area contributed by atoms with Crippen molar-refractivity contribution >= 4 is 6.09 Å². The van der Waals surface area contributed by atoms with Gasteiger partial charge in [-0.25, -0.2) is 9.48 Å². The summed E-state index contributed by atoms with van der Waals surface area (Å²) < 4.78 is 6.87. The van der Waals surface area contributed by atoms with E-state index >= 15 is 0 Å². The number of aliphatic hydroxyl groups is 1. The lowest BCUT2D eigenvalue weighted by Crippen LogP contribution is -2.43. The number of ether oxygens (including phenoxy) is 1. The van der Waals surface area contributed by atoms with Crippen molar-refractivity contribution in [2.45, 2.75) is 58.3 Å². The van der Waals surface area contributed by atoms with E-state index < -0.39 is 5.60 Å². The van der Waals surface area contributed by atoms with Crippen LogP contribution in [0.4, 0.5) is 4.79 Å². The maximum atomic E-state index is 11.7. The zero-order valence-electron chi connectivity index (χ0n) is 14.1. The van der Waals surface area contributed by atoms with E-state index in [9.17, 15) is 4.79 Å². The highest BCUT2D eigenvalue weighted by atomic mass is 16.6. The van der Waals surface area contributed by atoms with Crippen molar-refractivity contribution in [3.8, 4) is 0 Å². The van der Waals surface area contributed by atoms with Gasteiger partial charge in [0.1, 0.15) is 5.60 Å². The fraction of sp³-hybridized carbons (Fsp3) is 0.800. The van der Waals surface area contributed by atoms with Crippen LogP contribution >= 0.6 is 0 Å². The van der Waals surface area contributed by atoms with Crippen LogP contribution in [0.25, 0.3) is 0 Å². The average Bonchev–Trinajstić information content (AvgIpc) is 3.18. The summed E-state index contributed by atoms with van der Waals surface area (Å²) in [5.74, 6) is 0.581. The number of nitrogens with one attached hydrogen (secondary N) is 2. The van der Waals surface area contributed by atoms with Gasteiger partial charge >= 0.3 is 6.09 Å². The third kappa shape index (κ3) is 6.54. The molecule has 1 aromatic heterocycles. The van der Waals surface area contributed by atoms with Crippen LogP contribution in [0, 0.1) is 5.92 Å². The molecule has 0 saturated heterocycles. The van der Waals surface area contributed by atoms with E-state index in [0.29, 0.717) is 25.6 Å². The van der Waals surface area contributed by atoms with E-state index in [1.165, 1.54) is 12.8 Å². The molecule has 1 aliphatic carbocycles. The lowest BCUT2D eigenvalue weighted by molar-refractivity contribution is 0.0521. The summed E-state index contributed by atoms with van der Waals surface area (Å²) in [4.78, 5) is 11.7. The minimum Gasteiger partial charge on any atom is -0.444 e. The van der Waals surface area contributed by atoms with Crippen LogP contribution in [0.5, 0.6) is 0 Å². The highest BCUT2D eigenvalue weighted by molar-refractivity contribution is 5.67. The first-order chi connectivity index (χ1) is 10.9. The van der Waals surface area contributed by atoms with Gasteiger partial charge in [-0.3, -0.25) is 0 Å². The Morgan fingerprint density at radius 3 is 2.87 bits per heavy atom. The van der Waals surface area contributed by atoms with Crippen molar-refractivity contribution < 1.29 is 14.6 Å². The first kappa shape index (κ1) is 17.7. The van der Waals surface area contributed by atoms with Crippen molar-refractivity contribution in [1.82, 2.24) is 25.6 Å². The molecule has 1 atom stereocenters. The quantitative estimate of drug-likeness (QED) is 0.649. The Bertz CT molecular complexity index is 507. The van der Waals surface area contributed by atoms with Crippen molar-refractivity contribution in [2.75, 3.05) is 13.2 Å². The normalized spacial score (nSPS) is 16.2. The molecule has 8 heteroatoms. The molecular weight excluding hydrogens is 298 g/mol. The van der Waals surface area contributed by atoms with Crippen molar-refractivity contribution in [1.29, 1.82) is 0 Å². The minimum atomic E-state index is -0.488. The Hall–Kier alpha value is -1.67. The smallest absolute Gasteiger partial charge is 0.407 e. The van der Waals surface area contributed by atoms with E-state index in [-0.39, 0.29) is 18.7 Å². The van der Waals surface area contributed by atoms with Gasteiger partial charge in [-0.2, -0.15) is 0 Å². The summed E-state index contributed by atoms with van der Waals surface area (Å²) in [5.41, 5.74) is 0.332. The first-order valence-corrected chi connectivity index (χ1v) is 8.07. The van der Waals surface area contributed by atoms with Crippen molar-refractivity contribution in [3.63, 3.8) is 0 Å². The molecule has 23 heavy (non-hydrogen) atoms. The Labute approximate surface area is 136 Å². The monoisotopic (exact) mass is 325 g/mol. The van der Waals surface area contributed by atoms with Gasteiger partial charge in [0.05, 0.1) is 18.8 Å². The second kappa shape index (κ2) is 7.74. The van der Waals surface area contributed by atoms with Gasteiger partial charge in [-0.1, -0.05) is 5.21 Å². The molecule has 1 unspecified atom stereocenters. The van der Waals surface area contributed by atoms with Crippen molar-refractivity contribution in [2.24, 2.45) is 5.92 Å². The molecule has 1 aromatic rings. The Balaban J connectivity index is 1.76. The highest BCUT2D eigenvalue weighted by Gasteiger charge is 2.31. The molecule has 0 aromatic carbocycles. The van der Waals surface area contributed by atoms with Crippen LogP contribution < -0.4 is 10.6 Å². The fourth-order valence-corrected chi connectivity index (χ4v) is 2.28. The molecule has 0 aliphatic heterocycles. The summed E-state index contributed by atoms with van der Waals surface area (Å²) >= 11 is 0. The average molecular weight is 325 g/mol. The van der Waals surface area contributed by atoms with E-state index in [0.717, 1.165) is 5.69 Å². The van der Waals surface area contributed by atoms with Gasteiger partial charge in [0.15, 0.2) is 0 Å². The largest absolute Gasteiger partial charge is 0.444 e. The number of nitrogens with zero attached hydrogens (tertiary/aromatic N) is 3. The second-order valence-corrected chi connectivity index (χ2v) is 6.90. The van der Waals surface area contributed by atoms with Crippen LogP contribution in [-0.4, -0.2) is 51.0 Å². The summed E-state index contributed by atoms with van der Waals surface area (Å²) in [7, 11) is 0. The fourth-order valence-electron chi connectivity index (χ4n) is 2.28. The van der Waals surface area contributed by atoms with Gasteiger partial charge in [0.25, 0.3) is 0 Å². The number of hydrogen-bond acceptors (Lipinski definition) is 6. The number of carbonyl (C=O) groups is 1. The molecule has 8 nitrogen and oxygen atoms in total. The van der Waals surface area contributed by atoms with Crippen LogP contribution in [0.15, 0.2) is 6.20 Å². The van der Waals surface area contributed by atoms with Gasteiger partial charge in [0, 0.05) is 25.3 Å². The van der Waals surface area contributed by atoms with Crippen LogP contribution in [0.3, 0.4) is 0 Å². The number of hydrogen-bond donors (Lipinski definition) is 3.